The summed E-state index contributed by atoms with van der Waals surface area (Å²) in [6.45, 7) is 6.06. The lowest BCUT2D eigenvalue weighted by Gasteiger charge is -2.25. The maximum Gasteiger partial charge on any atom is 0.264 e. The van der Waals surface area contributed by atoms with Crippen LogP contribution in [0.25, 0.3) is 0 Å². The summed E-state index contributed by atoms with van der Waals surface area (Å²) >= 11 is 0. The standard InChI is InChI=1S/C26H30N2O4S/c1-4-21-11-15-23(16-12-21)28(33(30,31)25-9-7-6-8-10-25)19-26(29)27-20(3)22-13-17-24(18-14-22)32-5-2/h6-18,20H,4-5,19H2,1-3H3,(H,27,29)/t20-/m0/s1. The van der Waals surface area contributed by atoms with Gasteiger partial charge in [0, 0.05) is 0 Å². The molecule has 33 heavy (non-hydrogen) atoms. The number of anilines is 1. The molecule has 6 nitrogen and oxygen atoms in total. The van der Waals surface area contributed by atoms with Crippen LogP contribution in [0.1, 0.15) is 37.9 Å². The lowest BCUT2D eigenvalue weighted by molar-refractivity contribution is -0.120. The molecular formula is C26H30N2O4S. The van der Waals surface area contributed by atoms with E-state index < -0.39 is 15.9 Å². The smallest absolute Gasteiger partial charge is 0.264 e. The summed E-state index contributed by atoms with van der Waals surface area (Å²) in [4.78, 5) is 13.1. The maximum atomic E-state index is 13.4. The molecule has 1 amide bonds. The normalized spacial score (nSPS) is 12.1. The van der Waals surface area contributed by atoms with Crippen molar-refractivity contribution in [2.24, 2.45) is 0 Å². The Kier molecular flexibility index (Phi) is 8.11. The van der Waals surface area contributed by atoms with Gasteiger partial charge in [-0.1, -0.05) is 49.4 Å². The van der Waals surface area contributed by atoms with E-state index in [2.05, 4.69) is 5.32 Å². The van der Waals surface area contributed by atoms with Gasteiger partial charge in [-0.15, -0.1) is 0 Å². The van der Waals surface area contributed by atoms with Crippen LogP contribution in [-0.2, 0) is 21.2 Å². The molecule has 3 rings (SSSR count). The first-order chi connectivity index (χ1) is 15.8. The zero-order chi connectivity index (χ0) is 23.8. The van der Waals surface area contributed by atoms with Crippen LogP contribution in [-0.4, -0.2) is 27.5 Å². The van der Waals surface area contributed by atoms with Gasteiger partial charge in [-0.25, -0.2) is 8.42 Å². The molecule has 0 spiro atoms. The molecule has 0 heterocycles. The lowest BCUT2D eigenvalue weighted by Crippen LogP contribution is -2.41. The van der Waals surface area contributed by atoms with Gasteiger partial charge in [0.1, 0.15) is 12.3 Å². The molecule has 0 aliphatic rings. The van der Waals surface area contributed by atoms with E-state index in [0.29, 0.717) is 12.3 Å². The number of nitrogens with one attached hydrogen (secondary N) is 1. The van der Waals surface area contributed by atoms with Gasteiger partial charge < -0.3 is 10.1 Å². The van der Waals surface area contributed by atoms with Crippen molar-refractivity contribution < 1.29 is 17.9 Å². The predicted molar refractivity (Wildman–Crippen MR) is 131 cm³/mol. The molecule has 3 aromatic rings. The van der Waals surface area contributed by atoms with E-state index in [0.717, 1.165) is 27.6 Å². The van der Waals surface area contributed by atoms with E-state index >= 15 is 0 Å². The number of benzene rings is 3. The van der Waals surface area contributed by atoms with Crippen LogP contribution in [0, 0.1) is 0 Å². The fraction of sp³-hybridized carbons (Fsp3) is 0.269. The largest absolute Gasteiger partial charge is 0.494 e. The molecule has 0 fully saturated rings. The Hall–Kier alpha value is -3.32. The van der Waals surface area contributed by atoms with Gasteiger partial charge in [0.15, 0.2) is 0 Å². The summed E-state index contributed by atoms with van der Waals surface area (Å²) in [5.74, 6) is 0.367. The van der Waals surface area contributed by atoms with Crippen molar-refractivity contribution in [1.82, 2.24) is 5.32 Å². The maximum absolute atomic E-state index is 13.4. The van der Waals surface area contributed by atoms with E-state index in [1.807, 2.05) is 57.2 Å². The molecule has 0 saturated heterocycles. The van der Waals surface area contributed by atoms with E-state index in [4.69, 9.17) is 4.74 Å². The quantitative estimate of drug-likeness (QED) is 0.469. The molecule has 3 aromatic carbocycles. The number of aryl methyl sites for hydroxylation is 1. The number of nitrogens with zero attached hydrogens (tertiary/aromatic N) is 1. The number of hydrogen-bond donors (Lipinski definition) is 1. The second-order valence-electron chi connectivity index (χ2n) is 7.64. The third-order valence-electron chi connectivity index (χ3n) is 5.32. The molecule has 174 valence electrons. The van der Waals surface area contributed by atoms with Crippen molar-refractivity contribution in [2.75, 3.05) is 17.5 Å². The van der Waals surface area contributed by atoms with Crippen LogP contribution in [0.15, 0.2) is 83.8 Å². The van der Waals surface area contributed by atoms with Crippen LogP contribution in [0.5, 0.6) is 5.75 Å². The van der Waals surface area contributed by atoms with Crippen molar-refractivity contribution in [3.63, 3.8) is 0 Å². The second-order valence-corrected chi connectivity index (χ2v) is 9.50. The highest BCUT2D eigenvalue weighted by molar-refractivity contribution is 7.92. The first-order valence-electron chi connectivity index (χ1n) is 11.0. The molecule has 0 aromatic heterocycles. The highest BCUT2D eigenvalue weighted by Gasteiger charge is 2.27. The summed E-state index contributed by atoms with van der Waals surface area (Å²) < 4.78 is 33.4. The molecule has 0 aliphatic heterocycles. The Bertz CT molecular complexity index is 1150. The van der Waals surface area contributed by atoms with Gasteiger partial charge in [0.2, 0.25) is 5.91 Å². The van der Waals surface area contributed by atoms with Crippen LogP contribution < -0.4 is 14.4 Å². The lowest BCUT2D eigenvalue weighted by atomic mass is 10.1. The van der Waals surface area contributed by atoms with Gasteiger partial charge in [-0.3, -0.25) is 9.10 Å². The third-order valence-corrected chi connectivity index (χ3v) is 7.11. The van der Waals surface area contributed by atoms with Gasteiger partial charge in [0.25, 0.3) is 10.0 Å². The number of ether oxygens (including phenoxy) is 1. The number of sulfonamides is 1. The zero-order valence-corrected chi connectivity index (χ0v) is 20.0. The Morgan fingerprint density at radius 3 is 2.15 bits per heavy atom. The SMILES string of the molecule is CCOc1ccc([C@H](C)NC(=O)CN(c2ccc(CC)cc2)S(=O)(=O)c2ccccc2)cc1. The number of hydrogen-bond acceptors (Lipinski definition) is 4. The molecule has 0 bridgehead atoms. The minimum Gasteiger partial charge on any atom is -0.494 e. The predicted octanol–water partition coefficient (Wildman–Crippen LogP) is 4.72. The Morgan fingerprint density at radius 1 is 0.939 bits per heavy atom. The Balaban J connectivity index is 1.82. The highest BCUT2D eigenvalue weighted by atomic mass is 32.2. The molecule has 0 aliphatic carbocycles. The zero-order valence-electron chi connectivity index (χ0n) is 19.2. The Morgan fingerprint density at radius 2 is 1.58 bits per heavy atom. The average Bonchev–Trinajstić information content (AvgIpc) is 2.83. The minimum absolute atomic E-state index is 0.136. The first kappa shape index (κ1) is 24.3. The van der Waals surface area contributed by atoms with E-state index in [-0.39, 0.29) is 17.5 Å². The van der Waals surface area contributed by atoms with E-state index in [9.17, 15) is 13.2 Å². The number of carbonyl (C=O) groups excluding carboxylic acids is 1. The fourth-order valence-corrected chi connectivity index (χ4v) is 4.89. The van der Waals surface area contributed by atoms with Crippen molar-refractivity contribution in [3.05, 3.63) is 90.0 Å². The van der Waals surface area contributed by atoms with Crippen LogP contribution in [0.4, 0.5) is 5.69 Å². The Labute approximate surface area is 196 Å². The molecule has 1 atom stereocenters. The van der Waals surface area contributed by atoms with E-state index in [1.54, 1.807) is 30.3 Å². The fourth-order valence-electron chi connectivity index (χ4n) is 3.45. The summed E-state index contributed by atoms with van der Waals surface area (Å²) in [6.07, 6.45) is 0.839. The second kappa shape index (κ2) is 11.0. The molecule has 0 saturated carbocycles. The van der Waals surface area contributed by atoms with Crippen LogP contribution in [0.2, 0.25) is 0 Å². The molecule has 7 heteroatoms. The minimum atomic E-state index is -3.93. The van der Waals surface area contributed by atoms with Gasteiger partial charge >= 0.3 is 0 Å². The topological polar surface area (TPSA) is 75.7 Å². The van der Waals surface area contributed by atoms with E-state index in [1.165, 1.54) is 12.1 Å². The van der Waals surface area contributed by atoms with Gasteiger partial charge in [0.05, 0.1) is 23.2 Å². The average molecular weight is 467 g/mol. The van der Waals surface area contributed by atoms with Gasteiger partial charge in [-0.05, 0) is 67.8 Å². The van der Waals surface area contributed by atoms with Crippen molar-refractivity contribution in [1.29, 1.82) is 0 Å². The first-order valence-corrected chi connectivity index (χ1v) is 12.5. The van der Waals surface area contributed by atoms with Crippen LogP contribution >= 0.6 is 0 Å². The molecule has 0 radical (unpaired) electrons. The number of amides is 1. The highest BCUT2D eigenvalue weighted by Crippen LogP contribution is 2.24. The molecule has 0 unspecified atom stereocenters. The summed E-state index contributed by atoms with van der Waals surface area (Å²) in [7, 11) is -3.93. The van der Waals surface area contributed by atoms with Gasteiger partial charge in [-0.2, -0.15) is 0 Å². The summed E-state index contributed by atoms with van der Waals surface area (Å²) in [5.41, 5.74) is 2.43. The van der Waals surface area contributed by atoms with Crippen molar-refractivity contribution >= 4 is 21.6 Å². The van der Waals surface area contributed by atoms with Crippen LogP contribution in [0.3, 0.4) is 0 Å². The third kappa shape index (κ3) is 6.14. The van der Waals surface area contributed by atoms with Crippen molar-refractivity contribution in [3.8, 4) is 5.75 Å². The molecular weight excluding hydrogens is 436 g/mol. The number of rotatable bonds is 10. The molecule has 1 N–H and O–H groups in total. The number of carbonyl (C=O) groups is 1. The summed E-state index contributed by atoms with van der Waals surface area (Å²) in [5, 5.41) is 2.91. The summed E-state index contributed by atoms with van der Waals surface area (Å²) in [6, 6.07) is 22.6. The van der Waals surface area contributed by atoms with Crippen molar-refractivity contribution in [2.45, 2.75) is 38.1 Å². The monoisotopic (exact) mass is 466 g/mol.